The van der Waals surface area contributed by atoms with Crippen molar-refractivity contribution in [1.29, 1.82) is 0 Å². The molecular weight excluding hydrogens is 186 g/mol. The fraction of sp³-hybridized carbons (Fsp3) is 1.00. The summed E-state index contributed by atoms with van der Waals surface area (Å²) in [4.78, 5) is 2.53. The van der Waals surface area contributed by atoms with Crippen LogP contribution >= 0.6 is 0 Å². The van der Waals surface area contributed by atoms with Crippen LogP contribution < -0.4 is 0 Å². The Labute approximate surface area is 94.7 Å². The highest BCUT2D eigenvalue weighted by atomic mass is 16.3. The van der Waals surface area contributed by atoms with Gasteiger partial charge in [-0.05, 0) is 44.7 Å². The summed E-state index contributed by atoms with van der Waals surface area (Å²) < 4.78 is 0. The topological polar surface area (TPSA) is 23.5 Å². The summed E-state index contributed by atoms with van der Waals surface area (Å²) in [5.41, 5.74) is 0. The van der Waals surface area contributed by atoms with Crippen LogP contribution in [-0.2, 0) is 0 Å². The maximum absolute atomic E-state index is 9.78. The van der Waals surface area contributed by atoms with Crippen LogP contribution in [0.5, 0.6) is 0 Å². The number of hydrogen-bond donors (Lipinski definition) is 1. The van der Waals surface area contributed by atoms with Gasteiger partial charge in [0, 0.05) is 6.04 Å². The second kappa shape index (κ2) is 6.49. The minimum absolute atomic E-state index is 0.0521. The molecule has 0 aromatic heterocycles. The zero-order valence-corrected chi connectivity index (χ0v) is 10.6. The average Bonchev–Trinajstić information content (AvgIpc) is 2.24. The molecule has 0 heterocycles. The number of rotatable bonds is 5. The highest BCUT2D eigenvalue weighted by molar-refractivity contribution is 4.86. The standard InChI is InChI=1S/C13H27NO/c1-4-7-11-8-9-12(15)10-13(11)14(5-2)6-3/h11-13,15H,4-10H2,1-3H3. The van der Waals surface area contributed by atoms with Crippen LogP contribution in [0, 0.1) is 5.92 Å². The fourth-order valence-corrected chi connectivity index (χ4v) is 3.04. The summed E-state index contributed by atoms with van der Waals surface area (Å²) >= 11 is 0. The minimum Gasteiger partial charge on any atom is -0.393 e. The largest absolute Gasteiger partial charge is 0.393 e. The SMILES string of the molecule is CCCC1CCC(O)CC1N(CC)CC. The van der Waals surface area contributed by atoms with Crippen molar-refractivity contribution in [1.82, 2.24) is 4.90 Å². The van der Waals surface area contributed by atoms with Gasteiger partial charge in [0.1, 0.15) is 0 Å². The third kappa shape index (κ3) is 3.46. The molecule has 1 rings (SSSR count). The smallest absolute Gasteiger partial charge is 0.0555 e. The Bertz CT molecular complexity index is 168. The van der Waals surface area contributed by atoms with Crippen molar-refractivity contribution in [2.75, 3.05) is 13.1 Å². The second-order valence-electron chi connectivity index (χ2n) is 4.80. The Balaban J connectivity index is 2.59. The van der Waals surface area contributed by atoms with E-state index in [-0.39, 0.29) is 6.10 Å². The predicted octanol–water partition coefficient (Wildman–Crippen LogP) is 2.66. The van der Waals surface area contributed by atoms with Crippen molar-refractivity contribution in [2.45, 2.75) is 65.0 Å². The molecule has 0 saturated heterocycles. The molecule has 1 fully saturated rings. The number of aliphatic hydroxyl groups excluding tert-OH is 1. The van der Waals surface area contributed by atoms with Gasteiger partial charge in [-0.2, -0.15) is 0 Å². The fourth-order valence-electron chi connectivity index (χ4n) is 3.04. The number of hydrogen-bond acceptors (Lipinski definition) is 2. The highest BCUT2D eigenvalue weighted by Crippen LogP contribution is 2.31. The zero-order chi connectivity index (χ0) is 11.3. The van der Waals surface area contributed by atoms with Crippen molar-refractivity contribution in [3.63, 3.8) is 0 Å². The molecular formula is C13H27NO. The van der Waals surface area contributed by atoms with Crippen LogP contribution in [-0.4, -0.2) is 35.2 Å². The molecule has 1 saturated carbocycles. The Hall–Kier alpha value is -0.0800. The van der Waals surface area contributed by atoms with Crippen LogP contribution in [0.3, 0.4) is 0 Å². The first-order valence-corrected chi connectivity index (χ1v) is 6.64. The maximum atomic E-state index is 9.78. The summed E-state index contributed by atoms with van der Waals surface area (Å²) in [5.74, 6) is 0.818. The third-order valence-corrected chi connectivity index (χ3v) is 3.87. The molecule has 3 unspecified atom stereocenters. The molecule has 1 aliphatic rings. The Morgan fingerprint density at radius 2 is 1.80 bits per heavy atom. The molecule has 0 spiro atoms. The number of nitrogens with zero attached hydrogens (tertiary/aromatic N) is 1. The Kier molecular flexibility index (Phi) is 5.62. The lowest BCUT2D eigenvalue weighted by atomic mass is 9.79. The molecule has 0 radical (unpaired) electrons. The Morgan fingerprint density at radius 1 is 1.13 bits per heavy atom. The maximum Gasteiger partial charge on any atom is 0.0555 e. The monoisotopic (exact) mass is 213 g/mol. The molecule has 0 aliphatic heterocycles. The van der Waals surface area contributed by atoms with Crippen LogP contribution in [0.15, 0.2) is 0 Å². The van der Waals surface area contributed by atoms with E-state index >= 15 is 0 Å². The summed E-state index contributed by atoms with van der Waals surface area (Å²) in [7, 11) is 0. The summed E-state index contributed by atoms with van der Waals surface area (Å²) in [5, 5.41) is 9.78. The summed E-state index contributed by atoms with van der Waals surface area (Å²) in [6, 6.07) is 0.628. The van der Waals surface area contributed by atoms with Crippen molar-refractivity contribution in [2.24, 2.45) is 5.92 Å². The first-order chi connectivity index (χ1) is 7.22. The van der Waals surface area contributed by atoms with Gasteiger partial charge in [0.15, 0.2) is 0 Å². The quantitative estimate of drug-likeness (QED) is 0.759. The molecule has 1 aliphatic carbocycles. The van der Waals surface area contributed by atoms with Crippen molar-refractivity contribution in [3.05, 3.63) is 0 Å². The van der Waals surface area contributed by atoms with Gasteiger partial charge < -0.3 is 10.0 Å². The third-order valence-electron chi connectivity index (χ3n) is 3.87. The van der Waals surface area contributed by atoms with Crippen LogP contribution in [0.2, 0.25) is 0 Å². The van der Waals surface area contributed by atoms with Gasteiger partial charge in [-0.3, -0.25) is 0 Å². The van der Waals surface area contributed by atoms with Crippen molar-refractivity contribution < 1.29 is 5.11 Å². The van der Waals surface area contributed by atoms with E-state index in [4.69, 9.17) is 0 Å². The molecule has 90 valence electrons. The van der Waals surface area contributed by atoms with Crippen molar-refractivity contribution >= 4 is 0 Å². The molecule has 0 aromatic carbocycles. The van der Waals surface area contributed by atoms with E-state index in [1.807, 2.05) is 0 Å². The average molecular weight is 213 g/mol. The van der Waals surface area contributed by atoms with Gasteiger partial charge in [-0.25, -0.2) is 0 Å². The summed E-state index contributed by atoms with van der Waals surface area (Å²) in [6.45, 7) is 8.97. The van der Waals surface area contributed by atoms with E-state index in [9.17, 15) is 5.11 Å². The minimum atomic E-state index is -0.0521. The summed E-state index contributed by atoms with van der Waals surface area (Å²) in [6.07, 6.45) is 5.78. The van der Waals surface area contributed by atoms with Gasteiger partial charge >= 0.3 is 0 Å². The molecule has 2 heteroatoms. The van der Waals surface area contributed by atoms with E-state index < -0.39 is 0 Å². The first kappa shape index (κ1) is 13.0. The van der Waals surface area contributed by atoms with Gasteiger partial charge in [0.25, 0.3) is 0 Å². The first-order valence-electron chi connectivity index (χ1n) is 6.64. The number of aliphatic hydroxyl groups is 1. The molecule has 15 heavy (non-hydrogen) atoms. The molecule has 2 nitrogen and oxygen atoms in total. The van der Waals surface area contributed by atoms with Crippen LogP contribution in [0.4, 0.5) is 0 Å². The lowest BCUT2D eigenvalue weighted by Gasteiger charge is -2.41. The predicted molar refractivity (Wildman–Crippen MR) is 65.0 cm³/mol. The van der Waals surface area contributed by atoms with Crippen molar-refractivity contribution in [3.8, 4) is 0 Å². The Morgan fingerprint density at radius 3 is 2.33 bits per heavy atom. The van der Waals surface area contributed by atoms with E-state index in [1.165, 1.54) is 19.3 Å². The molecule has 1 N–H and O–H groups in total. The van der Waals surface area contributed by atoms with Gasteiger partial charge in [-0.1, -0.05) is 27.2 Å². The molecule has 0 bridgehead atoms. The lowest BCUT2D eigenvalue weighted by Crippen LogP contribution is -2.45. The van der Waals surface area contributed by atoms with E-state index in [0.717, 1.165) is 31.8 Å². The van der Waals surface area contributed by atoms with Gasteiger partial charge in [0.05, 0.1) is 6.10 Å². The van der Waals surface area contributed by atoms with E-state index in [2.05, 4.69) is 25.7 Å². The second-order valence-corrected chi connectivity index (χ2v) is 4.80. The lowest BCUT2D eigenvalue weighted by molar-refractivity contribution is 0.0281. The molecule has 0 amide bonds. The van der Waals surface area contributed by atoms with Gasteiger partial charge in [0.2, 0.25) is 0 Å². The normalized spacial score (nSPS) is 32.2. The van der Waals surface area contributed by atoms with Gasteiger partial charge in [-0.15, -0.1) is 0 Å². The van der Waals surface area contributed by atoms with E-state index in [0.29, 0.717) is 6.04 Å². The molecule has 0 aromatic rings. The zero-order valence-electron chi connectivity index (χ0n) is 10.6. The van der Waals surface area contributed by atoms with E-state index in [1.54, 1.807) is 0 Å². The molecule has 3 atom stereocenters. The highest BCUT2D eigenvalue weighted by Gasteiger charge is 2.31. The van der Waals surface area contributed by atoms with Crippen LogP contribution in [0.1, 0.15) is 52.9 Å². The van der Waals surface area contributed by atoms with Crippen LogP contribution in [0.25, 0.3) is 0 Å².